The van der Waals surface area contributed by atoms with E-state index in [1.807, 2.05) is 20.8 Å². The van der Waals surface area contributed by atoms with Crippen molar-refractivity contribution < 1.29 is 13.2 Å². The Bertz CT molecular complexity index is 479. The van der Waals surface area contributed by atoms with Gasteiger partial charge in [0.2, 0.25) is 0 Å². The first-order chi connectivity index (χ1) is 9.82. The lowest BCUT2D eigenvalue weighted by Crippen LogP contribution is -2.32. The smallest absolute Gasteiger partial charge is 0.369 e. The van der Waals surface area contributed by atoms with Gasteiger partial charge in [-0.2, -0.15) is 13.2 Å². The molecule has 0 bridgehead atoms. The molecule has 1 aromatic rings. The lowest BCUT2D eigenvalue weighted by Gasteiger charge is -2.30. The highest BCUT2D eigenvalue weighted by Gasteiger charge is 2.35. The molecule has 21 heavy (non-hydrogen) atoms. The molecule has 1 N–H and O–H groups in total. The zero-order chi connectivity index (χ0) is 15.6. The van der Waals surface area contributed by atoms with Gasteiger partial charge in [-0.05, 0) is 51.3 Å². The fraction of sp³-hybridized carbons (Fsp3) is 0.625. The second-order valence-electron chi connectivity index (χ2n) is 5.88. The Morgan fingerprint density at radius 3 is 2.43 bits per heavy atom. The first-order valence-electron chi connectivity index (χ1n) is 7.53. The molecule has 0 heterocycles. The maximum Gasteiger partial charge on any atom is 0.418 e. The molecule has 0 amide bonds. The molecule has 0 spiro atoms. The van der Waals surface area contributed by atoms with Gasteiger partial charge in [0.25, 0.3) is 0 Å². The monoisotopic (exact) mass is 300 g/mol. The summed E-state index contributed by atoms with van der Waals surface area (Å²) in [6, 6.07) is 5.21. The van der Waals surface area contributed by atoms with Crippen LogP contribution in [-0.4, -0.2) is 18.6 Å². The third-order valence-electron chi connectivity index (χ3n) is 3.81. The van der Waals surface area contributed by atoms with Gasteiger partial charge in [-0.3, -0.25) is 0 Å². The molecule has 0 atom stereocenters. The molecule has 0 aliphatic heterocycles. The number of hydrogen-bond donors (Lipinski definition) is 1. The first kappa shape index (κ1) is 16.1. The summed E-state index contributed by atoms with van der Waals surface area (Å²) in [5.41, 5.74) is 0.432. The third-order valence-corrected chi connectivity index (χ3v) is 3.81. The highest BCUT2D eigenvalue weighted by molar-refractivity contribution is 5.57. The summed E-state index contributed by atoms with van der Waals surface area (Å²) in [4.78, 5) is 1.78. The highest BCUT2D eigenvalue weighted by atomic mass is 19.4. The fourth-order valence-corrected chi connectivity index (χ4v) is 2.53. The predicted molar refractivity (Wildman–Crippen MR) is 79.5 cm³/mol. The van der Waals surface area contributed by atoms with Crippen LogP contribution in [0.1, 0.15) is 44.7 Å². The molecule has 2 rings (SSSR count). The molecule has 1 aliphatic rings. The summed E-state index contributed by atoms with van der Waals surface area (Å²) in [5.74, 6) is 0. The molecule has 5 heteroatoms. The normalized spacial score (nSPS) is 15.6. The van der Waals surface area contributed by atoms with Crippen molar-refractivity contribution in [3.63, 3.8) is 0 Å². The molecule has 0 unspecified atom stereocenters. The van der Waals surface area contributed by atoms with Crippen molar-refractivity contribution in [1.82, 2.24) is 5.32 Å². The summed E-state index contributed by atoms with van der Waals surface area (Å²) in [6.45, 7) is 6.75. The summed E-state index contributed by atoms with van der Waals surface area (Å²) in [6.07, 6.45) is -2.07. The van der Waals surface area contributed by atoms with Gasteiger partial charge >= 0.3 is 6.18 Å². The predicted octanol–water partition coefficient (Wildman–Crippen LogP) is 4.19. The van der Waals surface area contributed by atoms with Crippen LogP contribution in [0.25, 0.3) is 0 Å². The number of alkyl halides is 3. The Morgan fingerprint density at radius 1 is 1.29 bits per heavy atom. The van der Waals surface area contributed by atoms with Gasteiger partial charge in [0, 0.05) is 30.9 Å². The average molecular weight is 300 g/mol. The van der Waals surface area contributed by atoms with Crippen molar-refractivity contribution in [2.45, 2.75) is 58.4 Å². The van der Waals surface area contributed by atoms with E-state index in [0.717, 1.165) is 12.8 Å². The van der Waals surface area contributed by atoms with Crippen LogP contribution in [-0.2, 0) is 12.7 Å². The SMILES string of the molecule is CCN(c1ccc(CNC2CC2)cc1C(F)(F)F)C(C)C. The Balaban J connectivity index is 2.30. The van der Waals surface area contributed by atoms with Gasteiger partial charge in [-0.15, -0.1) is 0 Å². The molecule has 1 saturated carbocycles. The first-order valence-corrected chi connectivity index (χ1v) is 7.53. The van der Waals surface area contributed by atoms with Crippen LogP contribution in [0.2, 0.25) is 0 Å². The Labute approximate surface area is 124 Å². The lowest BCUT2D eigenvalue weighted by atomic mass is 10.1. The van der Waals surface area contributed by atoms with Crippen molar-refractivity contribution >= 4 is 5.69 Å². The van der Waals surface area contributed by atoms with E-state index < -0.39 is 11.7 Å². The minimum absolute atomic E-state index is 0.0338. The summed E-state index contributed by atoms with van der Waals surface area (Å²) in [5, 5.41) is 3.26. The van der Waals surface area contributed by atoms with Gasteiger partial charge in [-0.25, -0.2) is 0 Å². The molecular formula is C16H23F3N2. The number of rotatable bonds is 6. The van der Waals surface area contributed by atoms with Crippen LogP contribution < -0.4 is 10.2 Å². The van der Waals surface area contributed by atoms with E-state index in [1.54, 1.807) is 17.0 Å². The molecule has 0 radical (unpaired) electrons. The van der Waals surface area contributed by atoms with Crippen LogP contribution in [0.3, 0.4) is 0 Å². The minimum atomic E-state index is -4.33. The molecule has 1 aromatic carbocycles. The van der Waals surface area contributed by atoms with E-state index >= 15 is 0 Å². The van der Waals surface area contributed by atoms with Crippen molar-refractivity contribution in [1.29, 1.82) is 0 Å². The van der Waals surface area contributed by atoms with Crippen LogP contribution in [0, 0.1) is 0 Å². The summed E-state index contributed by atoms with van der Waals surface area (Å²) in [7, 11) is 0. The van der Waals surface area contributed by atoms with E-state index in [4.69, 9.17) is 0 Å². The fourth-order valence-electron chi connectivity index (χ4n) is 2.53. The van der Waals surface area contributed by atoms with Crippen LogP contribution >= 0.6 is 0 Å². The van der Waals surface area contributed by atoms with E-state index in [2.05, 4.69) is 5.32 Å². The van der Waals surface area contributed by atoms with Crippen molar-refractivity contribution in [3.05, 3.63) is 29.3 Å². The average Bonchev–Trinajstić information content (AvgIpc) is 3.20. The van der Waals surface area contributed by atoms with Crippen molar-refractivity contribution in [3.8, 4) is 0 Å². The van der Waals surface area contributed by atoms with Crippen LogP contribution in [0.5, 0.6) is 0 Å². The maximum atomic E-state index is 13.4. The van der Waals surface area contributed by atoms with Gasteiger partial charge in [0.1, 0.15) is 0 Å². The Kier molecular flexibility index (Phi) is 4.81. The molecule has 1 aliphatic carbocycles. The number of benzene rings is 1. The second kappa shape index (κ2) is 6.26. The summed E-state index contributed by atoms with van der Waals surface area (Å²) >= 11 is 0. The molecule has 118 valence electrons. The largest absolute Gasteiger partial charge is 0.418 e. The molecule has 2 nitrogen and oxygen atoms in total. The Hall–Kier alpha value is -1.23. The van der Waals surface area contributed by atoms with Gasteiger partial charge < -0.3 is 10.2 Å². The number of halogens is 3. The van der Waals surface area contributed by atoms with Crippen LogP contribution in [0.4, 0.5) is 18.9 Å². The zero-order valence-electron chi connectivity index (χ0n) is 12.8. The highest BCUT2D eigenvalue weighted by Crippen LogP contribution is 2.38. The van der Waals surface area contributed by atoms with Gasteiger partial charge in [0.05, 0.1) is 5.56 Å². The van der Waals surface area contributed by atoms with Crippen molar-refractivity contribution in [2.75, 3.05) is 11.4 Å². The second-order valence-corrected chi connectivity index (χ2v) is 5.88. The summed E-state index contributed by atoms with van der Waals surface area (Å²) < 4.78 is 40.1. The minimum Gasteiger partial charge on any atom is -0.369 e. The number of hydrogen-bond acceptors (Lipinski definition) is 2. The van der Waals surface area contributed by atoms with Gasteiger partial charge in [0.15, 0.2) is 0 Å². The standard InChI is InChI=1S/C16H23F3N2/c1-4-21(11(2)3)15-8-5-12(10-20-13-6-7-13)9-14(15)16(17,18)19/h5,8-9,11,13,20H,4,6-7,10H2,1-3H3. The van der Waals surface area contributed by atoms with E-state index in [0.29, 0.717) is 24.7 Å². The maximum absolute atomic E-state index is 13.4. The quantitative estimate of drug-likeness (QED) is 0.847. The van der Waals surface area contributed by atoms with Crippen molar-refractivity contribution in [2.24, 2.45) is 0 Å². The van der Waals surface area contributed by atoms with Crippen LogP contribution in [0.15, 0.2) is 18.2 Å². The molecular weight excluding hydrogens is 277 g/mol. The number of anilines is 1. The van der Waals surface area contributed by atoms with E-state index in [1.165, 1.54) is 6.07 Å². The van der Waals surface area contributed by atoms with Gasteiger partial charge in [-0.1, -0.05) is 6.07 Å². The third kappa shape index (κ3) is 4.13. The topological polar surface area (TPSA) is 15.3 Å². The molecule has 0 saturated heterocycles. The molecule has 0 aromatic heterocycles. The Morgan fingerprint density at radius 2 is 1.95 bits per heavy atom. The lowest BCUT2D eigenvalue weighted by molar-refractivity contribution is -0.137. The number of nitrogens with zero attached hydrogens (tertiary/aromatic N) is 1. The zero-order valence-corrected chi connectivity index (χ0v) is 12.8. The molecule has 1 fully saturated rings. The van der Waals surface area contributed by atoms with E-state index in [9.17, 15) is 13.2 Å². The van der Waals surface area contributed by atoms with E-state index in [-0.39, 0.29) is 11.7 Å². The number of nitrogens with one attached hydrogen (secondary N) is 1.